The molecular weight excluding hydrogens is 256 g/mol. The zero-order chi connectivity index (χ0) is 14.5. The summed E-state index contributed by atoms with van der Waals surface area (Å²) in [6, 6.07) is 8.74. The van der Waals surface area contributed by atoms with Gasteiger partial charge in [0.2, 0.25) is 0 Å². The smallest absolute Gasteiger partial charge is 0.255 e. The van der Waals surface area contributed by atoms with Crippen LogP contribution in [0.3, 0.4) is 0 Å². The summed E-state index contributed by atoms with van der Waals surface area (Å²) < 4.78 is 5.09. The lowest BCUT2D eigenvalue weighted by Crippen LogP contribution is -2.26. The first kappa shape index (κ1) is 13.9. The second kappa shape index (κ2) is 6.06. The zero-order valence-corrected chi connectivity index (χ0v) is 11.3. The fourth-order valence-corrected chi connectivity index (χ4v) is 1.83. The minimum Gasteiger partial charge on any atom is -0.505 e. The van der Waals surface area contributed by atoms with Crippen LogP contribution in [0.2, 0.25) is 0 Å². The van der Waals surface area contributed by atoms with Crippen LogP contribution in [0.4, 0.5) is 0 Å². The van der Waals surface area contributed by atoms with Crippen molar-refractivity contribution in [1.82, 2.24) is 10.3 Å². The number of hydrogen-bond acceptors (Lipinski definition) is 4. The summed E-state index contributed by atoms with van der Waals surface area (Å²) >= 11 is 0. The molecule has 1 heterocycles. The normalized spacial score (nSPS) is 11.7. The Morgan fingerprint density at radius 3 is 2.60 bits per heavy atom. The molecule has 0 aliphatic carbocycles. The van der Waals surface area contributed by atoms with Gasteiger partial charge in [0, 0.05) is 6.20 Å². The van der Waals surface area contributed by atoms with Gasteiger partial charge in [-0.15, -0.1) is 0 Å². The lowest BCUT2D eigenvalue weighted by Gasteiger charge is -2.15. The number of carbonyl (C=O) groups excluding carboxylic acids is 1. The van der Waals surface area contributed by atoms with Gasteiger partial charge in [0.25, 0.3) is 5.91 Å². The molecule has 1 amide bonds. The Balaban J connectivity index is 2.09. The summed E-state index contributed by atoms with van der Waals surface area (Å²) in [7, 11) is 1.60. The summed E-state index contributed by atoms with van der Waals surface area (Å²) in [6.45, 7) is 1.87. The van der Waals surface area contributed by atoms with Gasteiger partial charge in [-0.2, -0.15) is 0 Å². The second-order valence-corrected chi connectivity index (χ2v) is 4.36. The van der Waals surface area contributed by atoms with E-state index < -0.39 is 0 Å². The molecule has 5 heteroatoms. The summed E-state index contributed by atoms with van der Waals surface area (Å²) in [5.74, 6) is 0.291. The van der Waals surface area contributed by atoms with Crippen LogP contribution in [-0.2, 0) is 0 Å². The van der Waals surface area contributed by atoms with Gasteiger partial charge in [0.15, 0.2) is 0 Å². The van der Waals surface area contributed by atoms with E-state index in [1.807, 2.05) is 31.2 Å². The van der Waals surface area contributed by atoms with Crippen molar-refractivity contribution < 1.29 is 14.6 Å². The molecule has 1 atom stereocenters. The lowest BCUT2D eigenvalue weighted by molar-refractivity contribution is 0.0937. The van der Waals surface area contributed by atoms with Crippen LogP contribution in [0, 0.1) is 0 Å². The predicted molar refractivity (Wildman–Crippen MR) is 74.8 cm³/mol. The first-order valence-corrected chi connectivity index (χ1v) is 6.19. The van der Waals surface area contributed by atoms with Crippen LogP contribution in [0.15, 0.2) is 42.7 Å². The molecule has 2 N–H and O–H groups in total. The van der Waals surface area contributed by atoms with Crippen molar-refractivity contribution in [2.75, 3.05) is 7.11 Å². The summed E-state index contributed by atoms with van der Waals surface area (Å²) in [4.78, 5) is 15.8. The molecule has 2 aromatic rings. The maximum Gasteiger partial charge on any atom is 0.255 e. The third kappa shape index (κ3) is 3.06. The highest BCUT2D eigenvalue weighted by atomic mass is 16.5. The van der Waals surface area contributed by atoms with Crippen molar-refractivity contribution in [3.8, 4) is 11.5 Å². The Morgan fingerprint density at radius 1 is 1.30 bits per heavy atom. The maximum atomic E-state index is 12.0. The Hall–Kier alpha value is -2.56. The summed E-state index contributed by atoms with van der Waals surface area (Å²) in [5, 5.41) is 12.4. The third-order valence-electron chi connectivity index (χ3n) is 3.01. The van der Waals surface area contributed by atoms with E-state index in [1.54, 1.807) is 7.11 Å². The molecule has 20 heavy (non-hydrogen) atoms. The predicted octanol–water partition coefficient (Wildman–Crippen LogP) is 2.29. The second-order valence-electron chi connectivity index (χ2n) is 4.36. The van der Waals surface area contributed by atoms with E-state index in [4.69, 9.17) is 4.74 Å². The van der Waals surface area contributed by atoms with Crippen LogP contribution in [-0.4, -0.2) is 23.1 Å². The standard InChI is InChI=1S/C15H16N2O3/c1-10(11-3-5-12(20-2)6-4-11)17-15(19)13-7-8-16-9-14(13)18/h3-10,18H,1-2H3,(H,17,19). The molecule has 1 aromatic heterocycles. The number of pyridine rings is 1. The van der Waals surface area contributed by atoms with E-state index >= 15 is 0 Å². The number of aromatic nitrogens is 1. The van der Waals surface area contributed by atoms with Crippen LogP contribution in [0.1, 0.15) is 28.9 Å². The number of amides is 1. The van der Waals surface area contributed by atoms with Gasteiger partial charge >= 0.3 is 0 Å². The van der Waals surface area contributed by atoms with Gasteiger partial charge in [-0.25, -0.2) is 0 Å². The third-order valence-corrected chi connectivity index (χ3v) is 3.01. The molecule has 1 unspecified atom stereocenters. The molecular formula is C15H16N2O3. The summed E-state index contributed by atoms with van der Waals surface area (Å²) in [6.07, 6.45) is 2.71. The monoisotopic (exact) mass is 272 g/mol. The van der Waals surface area contributed by atoms with Crippen molar-refractivity contribution in [2.24, 2.45) is 0 Å². The van der Waals surface area contributed by atoms with Crippen molar-refractivity contribution in [2.45, 2.75) is 13.0 Å². The number of nitrogens with zero attached hydrogens (tertiary/aromatic N) is 1. The van der Waals surface area contributed by atoms with Gasteiger partial charge in [-0.1, -0.05) is 12.1 Å². The first-order valence-electron chi connectivity index (χ1n) is 6.19. The molecule has 0 spiro atoms. The molecule has 104 valence electrons. The van der Waals surface area contributed by atoms with Crippen molar-refractivity contribution in [3.63, 3.8) is 0 Å². The van der Waals surface area contributed by atoms with Crippen LogP contribution in [0.25, 0.3) is 0 Å². The molecule has 0 radical (unpaired) electrons. The number of nitrogens with one attached hydrogen (secondary N) is 1. The number of rotatable bonds is 4. The van der Waals surface area contributed by atoms with Gasteiger partial charge in [0.1, 0.15) is 11.5 Å². The molecule has 0 aliphatic rings. The largest absolute Gasteiger partial charge is 0.505 e. The SMILES string of the molecule is COc1ccc(C(C)NC(=O)c2ccncc2O)cc1. The maximum absolute atomic E-state index is 12.0. The van der Waals surface area contributed by atoms with Crippen molar-refractivity contribution in [1.29, 1.82) is 0 Å². The highest BCUT2D eigenvalue weighted by molar-refractivity contribution is 5.96. The lowest BCUT2D eigenvalue weighted by atomic mass is 10.1. The average molecular weight is 272 g/mol. The fourth-order valence-electron chi connectivity index (χ4n) is 1.83. The van der Waals surface area contributed by atoms with E-state index in [0.29, 0.717) is 0 Å². The van der Waals surface area contributed by atoms with E-state index in [1.165, 1.54) is 18.5 Å². The van der Waals surface area contributed by atoms with Crippen LogP contribution >= 0.6 is 0 Å². The van der Waals surface area contributed by atoms with Crippen molar-refractivity contribution >= 4 is 5.91 Å². The zero-order valence-electron chi connectivity index (χ0n) is 11.3. The Morgan fingerprint density at radius 2 is 2.00 bits per heavy atom. The molecule has 5 nitrogen and oxygen atoms in total. The van der Waals surface area contributed by atoms with Gasteiger partial charge < -0.3 is 15.2 Å². The average Bonchev–Trinajstić information content (AvgIpc) is 2.47. The fraction of sp³-hybridized carbons (Fsp3) is 0.200. The molecule has 0 saturated carbocycles. The topological polar surface area (TPSA) is 71.5 Å². The van der Waals surface area contributed by atoms with E-state index in [9.17, 15) is 9.90 Å². The number of benzene rings is 1. The number of methoxy groups -OCH3 is 1. The van der Waals surface area contributed by atoms with E-state index in [0.717, 1.165) is 11.3 Å². The Labute approximate surface area is 117 Å². The number of carbonyl (C=O) groups is 1. The van der Waals surface area contributed by atoms with Gasteiger partial charge in [0.05, 0.1) is 24.9 Å². The number of ether oxygens (including phenoxy) is 1. The van der Waals surface area contributed by atoms with Crippen molar-refractivity contribution in [3.05, 3.63) is 53.9 Å². The van der Waals surface area contributed by atoms with Gasteiger partial charge in [-0.05, 0) is 30.7 Å². The molecule has 0 aliphatic heterocycles. The van der Waals surface area contributed by atoms with E-state index in [2.05, 4.69) is 10.3 Å². The number of hydrogen-bond donors (Lipinski definition) is 2. The first-order chi connectivity index (χ1) is 9.61. The molecule has 0 fully saturated rings. The van der Waals surface area contributed by atoms with Crippen LogP contribution in [0.5, 0.6) is 11.5 Å². The Bertz CT molecular complexity index is 596. The van der Waals surface area contributed by atoms with Crippen LogP contribution < -0.4 is 10.1 Å². The Kier molecular flexibility index (Phi) is 4.20. The highest BCUT2D eigenvalue weighted by Crippen LogP contribution is 2.19. The minimum absolute atomic E-state index is 0.132. The van der Waals surface area contributed by atoms with Gasteiger partial charge in [-0.3, -0.25) is 9.78 Å². The molecule has 0 bridgehead atoms. The molecule has 1 aromatic carbocycles. The molecule has 0 saturated heterocycles. The number of aromatic hydroxyl groups is 1. The highest BCUT2D eigenvalue weighted by Gasteiger charge is 2.14. The quantitative estimate of drug-likeness (QED) is 0.895. The minimum atomic E-state index is -0.340. The van der Waals surface area contributed by atoms with E-state index in [-0.39, 0.29) is 23.3 Å². The summed E-state index contributed by atoms with van der Waals surface area (Å²) in [5.41, 5.74) is 1.16. The molecule has 2 rings (SSSR count).